The number of aromatic nitrogens is 1. The average Bonchev–Trinajstić information content (AvgIpc) is 2.61. The van der Waals surface area contributed by atoms with Crippen LogP contribution in [-0.2, 0) is 15.7 Å². The smallest absolute Gasteiger partial charge is 0.416 e. The van der Waals surface area contributed by atoms with Gasteiger partial charge in [-0.2, -0.15) is 13.2 Å². The van der Waals surface area contributed by atoms with Crippen LogP contribution in [0.4, 0.5) is 18.9 Å². The quantitative estimate of drug-likeness (QED) is 0.568. The Morgan fingerprint density at radius 3 is 2.59 bits per heavy atom. The summed E-state index contributed by atoms with van der Waals surface area (Å²) in [5.74, 6) is -1.45. The van der Waals surface area contributed by atoms with Crippen LogP contribution in [0.3, 0.4) is 0 Å². The molecule has 1 aromatic heterocycles. The highest BCUT2D eigenvalue weighted by Crippen LogP contribution is 2.31. The van der Waals surface area contributed by atoms with Crippen molar-refractivity contribution in [3.05, 3.63) is 64.1 Å². The summed E-state index contributed by atoms with van der Waals surface area (Å²) in [6, 6.07) is 5.73. The van der Waals surface area contributed by atoms with Gasteiger partial charge in [0.15, 0.2) is 5.78 Å². The van der Waals surface area contributed by atoms with Crippen LogP contribution in [0.15, 0.2) is 47.4 Å². The van der Waals surface area contributed by atoms with E-state index in [1.165, 1.54) is 30.5 Å². The Balaban J connectivity index is 2.25. The van der Waals surface area contributed by atoms with Gasteiger partial charge in [0, 0.05) is 18.3 Å². The third-order valence-electron chi connectivity index (χ3n) is 3.61. The lowest BCUT2D eigenvalue weighted by atomic mass is 10.0. The van der Waals surface area contributed by atoms with Crippen molar-refractivity contribution in [1.82, 2.24) is 4.98 Å². The number of rotatable bonds is 7. The fourth-order valence-electron chi connectivity index (χ4n) is 2.36. The molecule has 2 rings (SSSR count). The second kappa shape index (κ2) is 8.52. The van der Waals surface area contributed by atoms with Gasteiger partial charge in [-0.3, -0.25) is 9.59 Å². The Hall–Kier alpha value is -3.10. The van der Waals surface area contributed by atoms with Crippen molar-refractivity contribution in [3.8, 4) is 0 Å². The number of Topliss-reactive ketones (excluding diaryl/α,β-unsaturated/α-hetero) is 1. The number of halogens is 3. The summed E-state index contributed by atoms with van der Waals surface area (Å²) in [6.07, 6.45) is -3.66. The molecule has 0 aliphatic carbocycles. The van der Waals surface area contributed by atoms with Gasteiger partial charge in [0.1, 0.15) is 6.04 Å². The predicted octanol–water partition coefficient (Wildman–Crippen LogP) is 3.01. The van der Waals surface area contributed by atoms with E-state index in [1.807, 2.05) is 0 Å². The van der Waals surface area contributed by atoms with Crippen LogP contribution in [-0.4, -0.2) is 29.4 Å². The average molecular weight is 382 g/mol. The minimum Gasteiger partial charge on any atom is -0.464 e. The summed E-state index contributed by atoms with van der Waals surface area (Å²) in [7, 11) is 0. The van der Waals surface area contributed by atoms with E-state index in [1.54, 1.807) is 6.92 Å². The molecule has 0 amide bonds. The van der Waals surface area contributed by atoms with Crippen LogP contribution in [0, 0.1) is 0 Å². The normalized spacial score (nSPS) is 12.3. The first-order chi connectivity index (χ1) is 12.7. The number of ketones is 1. The first kappa shape index (κ1) is 20.2. The molecule has 144 valence electrons. The lowest BCUT2D eigenvalue weighted by molar-refractivity contribution is -0.144. The van der Waals surface area contributed by atoms with Gasteiger partial charge in [-0.1, -0.05) is 6.07 Å². The molecule has 6 nitrogen and oxygen atoms in total. The van der Waals surface area contributed by atoms with Gasteiger partial charge in [-0.15, -0.1) is 0 Å². The maximum atomic E-state index is 12.8. The molecule has 9 heteroatoms. The molecule has 1 unspecified atom stereocenters. The second-order valence-electron chi connectivity index (χ2n) is 5.57. The van der Waals surface area contributed by atoms with Crippen molar-refractivity contribution in [2.75, 3.05) is 11.9 Å². The van der Waals surface area contributed by atoms with Crippen LogP contribution in [0.25, 0.3) is 0 Å². The highest BCUT2D eigenvalue weighted by atomic mass is 19.4. The molecule has 27 heavy (non-hydrogen) atoms. The zero-order chi connectivity index (χ0) is 20.0. The number of hydrogen-bond acceptors (Lipinski definition) is 5. The van der Waals surface area contributed by atoms with Crippen molar-refractivity contribution in [3.63, 3.8) is 0 Å². The van der Waals surface area contributed by atoms with Crippen molar-refractivity contribution < 1.29 is 27.5 Å². The zero-order valence-electron chi connectivity index (χ0n) is 14.3. The van der Waals surface area contributed by atoms with Gasteiger partial charge in [0.05, 0.1) is 17.7 Å². The standard InChI is InChI=1S/C18H17F3N2O4/c1-2-27-17(26)14(10-15(24)13-7-4-8-22-16(13)25)23-12-6-3-5-11(9-12)18(19,20)21/h3-9,14,23H,2,10H2,1H3,(H,22,25). The second-order valence-corrected chi connectivity index (χ2v) is 5.57. The van der Waals surface area contributed by atoms with E-state index in [4.69, 9.17) is 4.74 Å². The third kappa shape index (κ3) is 5.44. The SMILES string of the molecule is CCOC(=O)C(CC(=O)c1ccc[nH]c1=O)Nc1cccc(C(F)(F)F)c1. The topological polar surface area (TPSA) is 88.3 Å². The molecule has 0 radical (unpaired) electrons. The highest BCUT2D eigenvalue weighted by molar-refractivity contribution is 5.99. The van der Waals surface area contributed by atoms with Gasteiger partial charge in [0.25, 0.3) is 5.56 Å². The molecular formula is C18H17F3N2O4. The van der Waals surface area contributed by atoms with Crippen LogP contribution in [0.2, 0.25) is 0 Å². The number of H-pyrrole nitrogens is 1. The largest absolute Gasteiger partial charge is 0.464 e. The number of nitrogens with one attached hydrogen (secondary N) is 2. The summed E-state index contributed by atoms with van der Waals surface area (Å²) < 4.78 is 43.4. The number of esters is 1. The number of benzene rings is 1. The molecule has 1 atom stereocenters. The lowest BCUT2D eigenvalue weighted by Crippen LogP contribution is -2.35. The monoisotopic (exact) mass is 382 g/mol. The van der Waals surface area contributed by atoms with E-state index in [2.05, 4.69) is 10.3 Å². The van der Waals surface area contributed by atoms with Gasteiger partial charge in [-0.25, -0.2) is 4.79 Å². The molecule has 0 aliphatic rings. The number of pyridine rings is 1. The van der Waals surface area contributed by atoms with Gasteiger partial charge >= 0.3 is 12.1 Å². The molecule has 1 heterocycles. The van der Waals surface area contributed by atoms with Gasteiger partial charge in [0.2, 0.25) is 0 Å². The minimum absolute atomic E-state index is 0.00218. The summed E-state index contributed by atoms with van der Waals surface area (Å²) in [5, 5.41) is 2.59. The maximum absolute atomic E-state index is 12.8. The van der Waals surface area contributed by atoms with Crippen molar-refractivity contribution in [1.29, 1.82) is 0 Å². The molecule has 0 spiro atoms. The Labute approximate surface area is 152 Å². The van der Waals surface area contributed by atoms with Crippen LogP contribution in [0.5, 0.6) is 0 Å². The Kier molecular flexibility index (Phi) is 6.38. The van der Waals surface area contributed by atoms with Crippen LogP contribution in [0.1, 0.15) is 29.3 Å². The summed E-state index contributed by atoms with van der Waals surface area (Å²) >= 11 is 0. The molecule has 2 N–H and O–H groups in total. The van der Waals surface area contributed by atoms with E-state index in [-0.39, 0.29) is 17.9 Å². The molecule has 0 bridgehead atoms. The first-order valence-electron chi connectivity index (χ1n) is 8.03. The lowest BCUT2D eigenvalue weighted by Gasteiger charge is -2.18. The van der Waals surface area contributed by atoms with Crippen molar-refractivity contribution in [2.45, 2.75) is 25.6 Å². The van der Waals surface area contributed by atoms with Gasteiger partial charge in [-0.05, 0) is 37.3 Å². The summed E-state index contributed by atoms with van der Waals surface area (Å²) in [4.78, 5) is 38.5. The number of aromatic amines is 1. The van der Waals surface area contributed by atoms with E-state index in [9.17, 15) is 27.6 Å². The number of carbonyl (C=O) groups excluding carboxylic acids is 2. The molecule has 0 saturated carbocycles. The fraction of sp³-hybridized carbons (Fsp3) is 0.278. The zero-order valence-corrected chi connectivity index (χ0v) is 14.3. The molecule has 0 saturated heterocycles. The van der Waals surface area contributed by atoms with Crippen molar-refractivity contribution in [2.24, 2.45) is 0 Å². The molecule has 2 aromatic rings. The molecule has 1 aromatic carbocycles. The Morgan fingerprint density at radius 2 is 1.96 bits per heavy atom. The predicted molar refractivity (Wildman–Crippen MR) is 91.5 cm³/mol. The third-order valence-corrected chi connectivity index (χ3v) is 3.61. The first-order valence-corrected chi connectivity index (χ1v) is 8.03. The number of ether oxygens (including phenoxy) is 1. The number of hydrogen-bond donors (Lipinski definition) is 2. The number of anilines is 1. The minimum atomic E-state index is -4.55. The summed E-state index contributed by atoms with van der Waals surface area (Å²) in [6.45, 7) is 1.59. The van der Waals surface area contributed by atoms with E-state index >= 15 is 0 Å². The summed E-state index contributed by atoms with van der Waals surface area (Å²) in [5.41, 5.74) is -1.68. The van der Waals surface area contributed by atoms with Crippen molar-refractivity contribution >= 4 is 17.4 Å². The van der Waals surface area contributed by atoms with E-state index < -0.39 is 41.5 Å². The number of carbonyl (C=O) groups is 2. The number of alkyl halides is 3. The molecule has 0 aliphatic heterocycles. The Bertz CT molecular complexity index is 877. The van der Waals surface area contributed by atoms with E-state index in [0.29, 0.717) is 0 Å². The fourth-order valence-corrected chi connectivity index (χ4v) is 2.36. The molecular weight excluding hydrogens is 365 g/mol. The van der Waals surface area contributed by atoms with E-state index in [0.717, 1.165) is 12.1 Å². The van der Waals surface area contributed by atoms with Crippen LogP contribution >= 0.6 is 0 Å². The van der Waals surface area contributed by atoms with Crippen LogP contribution < -0.4 is 10.9 Å². The Morgan fingerprint density at radius 1 is 1.22 bits per heavy atom. The maximum Gasteiger partial charge on any atom is 0.416 e. The highest BCUT2D eigenvalue weighted by Gasteiger charge is 2.31. The molecule has 0 fully saturated rings. The van der Waals surface area contributed by atoms with Gasteiger partial charge < -0.3 is 15.0 Å².